The molecular formula is C19H21N3O3. The number of ether oxygens (including phenoxy) is 1. The van der Waals surface area contributed by atoms with Crippen molar-refractivity contribution in [2.45, 2.75) is 19.8 Å². The van der Waals surface area contributed by atoms with Gasteiger partial charge in [0.15, 0.2) is 0 Å². The van der Waals surface area contributed by atoms with Gasteiger partial charge >= 0.3 is 0 Å². The van der Waals surface area contributed by atoms with Crippen LogP contribution in [0.4, 0.5) is 17.1 Å². The maximum atomic E-state index is 10.9. The predicted octanol–water partition coefficient (Wildman–Crippen LogP) is 4.26. The zero-order chi connectivity index (χ0) is 17.8. The van der Waals surface area contributed by atoms with Crippen LogP contribution in [0, 0.1) is 17.0 Å². The smallest absolute Gasteiger partial charge is 0.271 e. The number of nitrogens with zero attached hydrogens (tertiary/aromatic N) is 3. The van der Waals surface area contributed by atoms with E-state index >= 15 is 0 Å². The number of benzene rings is 2. The molecule has 1 heterocycles. The predicted molar refractivity (Wildman–Crippen MR) is 99.5 cm³/mol. The van der Waals surface area contributed by atoms with E-state index in [-0.39, 0.29) is 5.69 Å². The van der Waals surface area contributed by atoms with E-state index in [4.69, 9.17) is 4.74 Å². The highest BCUT2D eigenvalue weighted by molar-refractivity contribution is 5.84. The number of aryl methyl sites for hydroxylation is 1. The van der Waals surface area contributed by atoms with Crippen LogP contribution in [0.5, 0.6) is 5.75 Å². The monoisotopic (exact) mass is 339 g/mol. The summed E-state index contributed by atoms with van der Waals surface area (Å²) in [7, 11) is 1.52. The Morgan fingerprint density at radius 3 is 2.60 bits per heavy atom. The van der Waals surface area contributed by atoms with Crippen molar-refractivity contribution in [2.75, 3.05) is 25.1 Å². The highest BCUT2D eigenvalue weighted by Gasteiger charge is 2.14. The Morgan fingerprint density at radius 2 is 1.96 bits per heavy atom. The first kappa shape index (κ1) is 17.0. The van der Waals surface area contributed by atoms with Gasteiger partial charge in [-0.2, -0.15) is 0 Å². The Hall–Kier alpha value is -2.89. The molecule has 0 amide bonds. The van der Waals surface area contributed by atoms with Gasteiger partial charge in [0.1, 0.15) is 11.4 Å². The number of aliphatic imine (C=N–C) groups is 1. The third-order valence-corrected chi connectivity index (χ3v) is 4.39. The van der Waals surface area contributed by atoms with Gasteiger partial charge in [0.2, 0.25) is 0 Å². The third-order valence-electron chi connectivity index (χ3n) is 4.39. The fourth-order valence-corrected chi connectivity index (χ4v) is 3.11. The minimum atomic E-state index is -0.437. The highest BCUT2D eigenvalue weighted by Crippen LogP contribution is 2.31. The summed E-state index contributed by atoms with van der Waals surface area (Å²) in [5.74, 6) is 0.507. The van der Waals surface area contributed by atoms with Gasteiger partial charge in [-0.05, 0) is 49.1 Å². The molecule has 1 aliphatic rings. The van der Waals surface area contributed by atoms with Crippen molar-refractivity contribution in [3.8, 4) is 5.75 Å². The van der Waals surface area contributed by atoms with Gasteiger partial charge < -0.3 is 9.64 Å². The van der Waals surface area contributed by atoms with Gasteiger partial charge in [-0.15, -0.1) is 0 Å². The molecule has 130 valence electrons. The summed E-state index contributed by atoms with van der Waals surface area (Å²) in [6.07, 6.45) is 4.20. The summed E-state index contributed by atoms with van der Waals surface area (Å²) in [5.41, 5.74) is 3.86. The van der Waals surface area contributed by atoms with Crippen LogP contribution in [0.25, 0.3) is 0 Å². The molecular weight excluding hydrogens is 318 g/mol. The van der Waals surface area contributed by atoms with Gasteiger partial charge in [-0.3, -0.25) is 15.1 Å². The first-order valence-electron chi connectivity index (χ1n) is 8.30. The van der Waals surface area contributed by atoms with Crippen molar-refractivity contribution in [3.05, 3.63) is 57.6 Å². The second kappa shape index (κ2) is 7.34. The molecule has 1 aliphatic heterocycles. The Balaban J connectivity index is 1.85. The Morgan fingerprint density at radius 1 is 1.20 bits per heavy atom. The molecule has 0 aromatic heterocycles. The minimum Gasteiger partial charge on any atom is -0.494 e. The molecule has 0 saturated carbocycles. The van der Waals surface area contributed by atoms with Crippen LogP contribution < -0.4 is 9.64 Å². The lowest BCUT2D eigenvalue weighted by atomic mass is 10.1. The highest BCUT2D eigenvalue weighted by atomic mass is 16.6. The summed E-state index contributed by atoms with van der Waals surface area (Å²) in [4.78, 5) is 17.3. The van der Waals surface area contributed by atoms with Crippen LogP contribution in [0.15, 0.2) is 41.4 Å². The van der Waals surface area contributed by atoms with Gasteiger partial charge in [0.25, 0.3) is 5.69 Å². The van der Waals surface area contributed by atoms with Crippen LogP contribution in [0.1, 0.15) is 24.0 Å². The van der Waals surface area contributed by atoms with E-state index in [2.05, 4.69) is 28.9 Å². The number of rotatable bonds is 5. The zero-order valence-corrected chi connectivity index (χ0v) is 14.4. The maximum Gasteiger partial charge on any atom is 0.271 e. The lowest BCUT2D eigenvalue weighted by Crippen LogP contribution is -2.18. The molecule has 0 spiro atoms. The van der Waals surface area contributed by atoms with Gasteiger partial charge in [0, 0.05) is 37.1 Å². The number of hydrogen-bond donors (Lipinski definition) is 0. The normalized spacial score (nSPS) is 14.2. The van der Waals surface area contributed by atoms with Crippen molar-refractivity contribution in [1.29, 1.82) is 0 Å². The molecule has 1 fully saturated rings. The third kappa shape index (κ3) is 3.79. The molecule has 6 nitrogen and oxygen atoms in total. The van der Waals surface area contributed by atoms with E-state index in [1.165, 1.54) is 43.3 Å². The Labute approximate surface area is 146 Å². The molecule has 0 bridgehead atoms. The molecule has 0 radical (unpaired) electrons. The molecule has 6 heteroatoms. The van der Waals surface area contributed by atoms with Gasteiger partial charge in [0.05, 0.1) is 12.0 Å². The first-order valence-corrected chi connectivity index (χ1v) is 8.30. The second-order valence-corrected chi connectivity index (χ2v) is 6.11. The molecule has 0 unspecified atom stereocenters. The number of nitro groups is 1. The van der Waals surface area contributed by atoms with Crippen LogP contribution in [0.2, 0.25) is 0 Å². The quantitative estimate of drug-likeness (QED) is 0.464. The maximum absolute atomic E-state index is 10.9. The summed E-state index contributed by atoms with van der Waals surface area (Å²) in [5, 5.41) is 10.9. The number of hydrogen-bond acceptors (Lipinski definition) is 5. The van der Waals surface area contributed by atoms with E-state index < -0.39 is 4.92 Å². The van der Waals surface area contributed by atoms with E-state index in [0.29, 0.717) is 11.4 Å². The summed E-state index contributed by atoms with van der Waals surface area (Å²) < 4.78 is 5.24. The SMILES string of the molecule is COc1ccc([N+](=O)[O-])cc1N=Cc1ccc(N2CCCC2)c(C)c1. The van der Waals surface area contributed by atoms with Gasteiger partial charge in [-0.1, -0.05) is 6.07 Å². The zero-order valence-electron chi connectivity index (χ0n) is 14.4. The molecule has 25 heavy (non-hydrogen) atoms. The Kier molecular flexibility index (Phi) is 4.97. The minimum absolute atomic E-state index is 0.00601. The lowest BCUT2D eigenvalue weighted by molar-refractivity contribution is -0.384. The van der Waals surface area contributed by atoms with Crippen LogP contribution >= 0.6 is 0 Å². The molecule has 1 saturated heterocycles. The fraction of sp³-hybridized carbons (Fsp3) is 0.316. The number of nitro benzene ring substituents is 1. The topological polar surface area (TPSA) is 68.0 Å². The van der Waals surface area contributed by atoms with Crippen LogP contribution in [-0.4, -0.2) is 31.3 Å². The molecule has 2 aromatic carbocycles. The molecule has 0 aliphatic carbocycles. The molecule has 0 atom stereocenters. The standard InChI is InChI=1S/C19H21N3O3/c1-14-11-15(5-7-18(14)21-9-3-4-10-21)13-20-17-12-16(22(23)24)6-8-19(17)25-2/h5-8,11-13H,3-4,9-10H2,1-2H3. The summed E-state index contributed by atoms with van der Waals surface area (Å²) >= 11 is 0. The molecule has 3 rings (SSSR count). The number of non-ortho nitro benzene ring substituents is 1. The van der Waals surface area contributed by atoms with Crippen molar-refractivity contribution in [2.24, 2.45) is 4.99 Å². The van der Waals surface area contributed by atoms with E-state index in [1.54, 1.807) is 12.3 Å². The molecule has 2 aromatic rings. The van der Waals surface area contributed by atoms with Crippen molar-refractivity contribution in [1.82, 2.24) is 0 Å². The number of methoxy groups -OCH3 is 1. The number of anilines is 1. The average Bonchev–Trinajstić information content (AvgIpc) is 3.14. The molecule has 0 N–H and O–H groups in total. The van der Waals surface area contributed by atoms with Crippen molar-refractivity contribution < 1.29 is 9.66 Å². The van der Waals surface area contributed by atoms with E-state index in [1.807, 2.05) is 6.07 Å². The van der Waals surface area contributed by atoms with Crippen molar-refractivity contribution in [3.63, 3.8) is 0 Å². The van der Waals surface area contributed by atoms with Crippen LogP contribution in [0.3, 0.4) is 0 Å². The van der Waals surface area contributed by atoms with E-state index in [9.17, 15) is 10.1 Å². The van der Waals surface area contributed by atoms with Crippen LogP contribution in [-0.2, 0) is 0 Å². The average molecular weight is 339 g/mol. The lowest BCUT2D eigenvalue weighted by Gasteiger charge is -2.20. The van der Waals surface area contributed by atoms with Gasteiger partial charge in [-0.25, -0.2) is 0 Å². The summed E-state index contributed by atoms with van der Waals surface area (Å²) in [6, 6.07) is 10.6. The largest absolute Gasteiger partial charge is 0.494 e. The Bertz CT molecular complexity index is 812. The fourth-order valence-electron chi connectivity index (χ4n) is 3.11. The summed E-state index contributed by atoms with van der Waals surface area (Å²) in [6.45, 7) is 4.32. The van der Waals surface area contributed by atoms with Crippen molar-refractivity contribution >= 4 is 23.3 Å². The van der Waals surface area contributed by atoms with E-state index in [0.717, 1.165) is 18.7 Å². The second-order valence-electron chi connectivity index (χ2n) is 6.11. The first-order chi connectivity index (χ1) is 12.1.